The zero-order valence-electron chi connectivity index (χ0n) is 19.1. The quantitative estimate of drug-likeness (QED) is 0.284. The van der Waals surface area contributed by atoms with Crippen LogP contribution in [0.5, 0.6) is 11.5 Å². The Labute approximate surface area is 202 Å². The molecule has 0 atom stereocenters. The molecule has 2 aromatic heterocycles. The zero-order chi connectivity index (χ0) is 23.3. The predicted octanol–water partition coefficient (Wildman–Crippen LogP) is 6.26. The molecule has 0 aliphatic heterocycles. The van der Waals surface area contributed by atoms with Gasteiger partial charge in [0.15, 0.2) is 4.80 Å². The molecule has 0 fully saturated rings. The van der Waals surface area contributed by atoms with E-state index in [9.17, 15) is 0 Å². The summed E-state index contributed by atoms with van der Waals surface area (Å²) >= 11 is 1.65. The van der Waals surface area contributed by atoms with Crippen molar-refractivity contribution in [2.75, 3.05) is 14.2 Å². The normalized spacial score (nSPS) is 11.6. The van der Waals surface area contributed by atoms with Crippen LogP contribution in [0.2, 0.25) is 0 Å². The van der Waals surface area contributed by atoms with E-state index in [-0.39, 0.29) is 0 Å². The molecule has 0 spiro atoms. The topological polar surface area (TPSA) is 48.6 Å². The van der Waals surface area contributed by atoms with Gasteiger partial charge < -0.3 is 14.0 Å². The third-order valence-corrected chi connectivity index (χ3v) is 6.66. The molecule has 0 radical (unpaired) electrons. The molecule has 0 amide bonds. The van der Waals surface area contributed by atoms with Crippen molar-refractivity contribution in [3.8, 4) is 22.8 Å². The monoisotopic (exact) mass is 467 g/mol. The molecule has 34 heavy (non-hydrogen) atoms. The maximum Gasteiger partial charge on any atom is 0.190 e. The largest absolute Gasteiger partial charge is 0.497 e. The van der Waals surface area contributed by atoms with E-state index in [0.29, 0.717) is 0 Å². The Balaban J connectivity index is 1.55. The van der Waals surface area contributed by atoms with Crippen LogP contribution in [0, 0.1) is 0 Å². The van der Waals surface area contributed by atoms with Crippen molar-refractivity contribution in [2.45, 2.75) is 13.0 Å². The summed E-state index contributed by atoms with van der Waals surface area (Å²) in [5.41, 5.74) is 4.42. The van der Waals surface area contributed by atoms with Gasteiger partial charge in [-0.2, -0.15) is 0 Å². The minimum absolute atomic E-state index is 0.810. The Kier molecular flexibility index (Phi) is 6.40. The fraction of sp³-hybridized carbons (Fsp3) is 0.143. The van der Waals surface area contributed by atoms with Gasteiger partial charge in [0.05, 0.1) is 31.8 Å². The van der Waals surface area contributed by atoms with Crippen molar-refractivity contribution in [2.24, 2.45) is 4.99 Å². The highest BCUT2D eigenvalue weighted by molar-refractivity contribution is 7.07. The van der Waals surface area contributed by atoms with E-state index in [0.717, 1.165) is 51.6 Å². The van der Waals surface area contributed by atoms with Crippen LogP contribution in [0.15, 0.2) is 95.6 Å². The molecular formula is C28H25N3O2S. The van der Waals surface area contributed by atoms with Crippen LogP contribution < -0.4 is 14.3 Å². The van der Waals surface area contributed by atoms with Gasteiger partial charge in [0.25, 0.3) is 0 Å². The summed E-state index contributed by atoms with van der Waals surface area (Å²) in [5.74, 6) is 1.73. The highest BCUT2D eigenvalue weighted by Gasteiger charge is 2.10. The lowest BCUT2D eigenvalue weighted by atomic mass is 10.0. The van der Waals surface area contributed by atoms with Crippen molar-refractivity contribution in [1.82, 2.24) is 9.55 Å². The molecule has 0 aliphatic rings. The summed E-state index contributed by atoms with van der Waals surface area (Å²) in [6, 6.07) is 24.9. The third-order valence-electron chi connectivity index (χ3n) is 5.79. The van der Waals surface area contributed by atoms with Crippen molar-refractivity contribution in [1.29, 1.82) is 0 Å². The molecule has 2 heterocycles. The molecule has 0 saturated heterocycles. The second-order valence-electron chi connectivity index (χ2n) is 7.90. The lowest BCUT2D eigenvalue weighted by Crippen LogP contribution is -2.17. The van der Waals surface area contributed by atoms with Crippen LogP contribution in [-0.2, 0) is 13.0 Å². The standard InChI is InChI=1S/C28H25N3O2S/c1-32-25-10-5-20(6-11-25)13-15-31-27(19-34-28(31)30-24-4-3-14-29-18-24)23-8-7-22-17-26(33-2)12-9-21(22)16-23/h3-12,14,16-19H,13,15H2,1-2H3. The smallest absolute Gasteiger partial charge is 0.190 e. The fourth-order valence-electron chi connectivity index (χ4n) is 3.94. The number of benzene rings is 3. The molecule has 0 saturated carbocycles. The van der Waals surface area contributed by atoms with Gasteiger partial charge in [0, 0.05) is 18.1 Å². The number of hydrogen-bond donors (Lipinski definition) is 0. The summed E-state index contributed by atoms with van der Waals surface area (Å²) in [4.78, 5) is 10.1. The highest BCUT2D eigenvalue weighted by atomic mass is 32.1. The van der Waals surface area contributed by atoms with Crippen LogP contribution in [0.4, 0.5) is 5.69 Å². The van der Waals surface area contributed by atoms with Gasteiger partial charge >= 0.3 is 0 Å². The Bertz CT molecular complexity index is 1470. The Morgan fingerprint density at radius 2 is 1.65 bits per heavy atom. The van der Waals surface area contributed by atoms with E-state index >= 15 is 0 Å². The van der Waals surface area contributed by atoms with Gasteiger partial charge in [0.2, 0.25) is 0 Å². The average molecular weight is 468 g/mol. The van der Waals surface area contributed by atoms with Crippen LogP contribution in [0.3, 0.4) is 0 Å². The molecule has 0 unspecified atom stereocenters. The maximum absolute atomic E-state index is 5.38. The summed E-state index contributed by atoms with van der Waals surface area (Å²) in [6.45, 7) is 0.810. The maximum atomic E-state index is 5.38. The van der Waals surface area contributed by atoms with Crippen LogP contribution in [0.1, 0.15) is 5.56 Å². The molecule has 0 bridgehead atoms. The van der Waals surface area contributed by atoms with E-state index < -0.39 is 0 Å². The van der Waals surface area contributed by atoms with Crippen molar-refractivity contribution >= 4 is 27.8 Å². The number of pyridine rings is 1. The number of aromatic nitrogens is 2. The Hall–Kier alpha value is -3.90. The first-order chi connectivity index (χ1) is 16.7. The number of hydrogen-bond acceptors (Lipinski definition) is 5. The Morgan fingerprint density at radius 3 is 2.41 bits per heavy atom. The van der Waals surface area contributed by atoms with E-state index in [1.54, 1.807) is 38.0 Å². The zero-order valence-corrected chi connectivity index (χ0v) is 20.0. The van der Waals surface area contributed by atoms with Gasteiger partial charge in [-0.1, -0.05) is 30.3 Å². The predicted molar refractivity (Wildman–Crippen MR) is 138 cm³/mol. The second kappa shape index (κ2) is 9.93. The first kappa shape index (κ1) is 21.9. The summed E-state index contributed by atoms with van der Waals surface area (Å²) < 4.78 is 13.0. The molecule has 0 N–H and O–H groups in total. The second-order valence-corrected chi connectivity index (χ2v) is 8.74. The van der Waals surface area contributed by atoms with Crippen LogP contribution in [-0.4, -0.2) is 23.8 Å². The summed E-state index contributed by atoms with van der Waals surface area (Å²) in [6.07, 6.45) is 4.44. The van der Waals surface area contributed by atoms with Crippen LogP contribution >= 0.6 is 11.3 Å². The summed E-state index contributed by atoms with van der Waals surface area (Å²) in [7, 11) is 3.38. The minimum atomic E-state index is 0.810. The van der Waals surface area contributed by atoms with Gasteiger partial charge in [-0.3, -0.25) is 4.98 Å². The van der Waals surface area contributed by atoms with Crippen LogP contribution in [0.25, 0.3) is 22.0 Å². The van der Waals surface area contributed by atoms with Gasteiger partial charge in [-0.15, -0.1) is 11.3 Å². The fourth-order valence-corrected chi connectivity index (χ4v) is 4.89. The molecule has 3 aromatic carbocycles. The van der Waals surface area contributed by atoms with Crippen molar-refractivity contribution < 1.29 is 9.47 Å². The number of ether oxygens (including phenoxy) is 2. The first-order valence-corrected chi connectivity index (χ1v) is 12.0. The molecule has 5 nitrogen and oxygen atoms in total. The third kappa shape index (κ3) is 4.72. The lowest BCUT2D eigenvalue weighted by molar-refractivity contribution is 0.414. The first-order valence-electron chi connectivity index (χ1n) is 11.1. The molecule has 6 heteroatoms. The number of aryl methyl sites for hydroxylation is 1. The average Bonchev–Trinajstić information content (AvgIpc) is 3.29. The van der Waals surface area contributed by atoms with Gasteiger partial charge in [-0.25, -0.2) is 4.99 Å². The molecule has 5 rings (SSSR count). The number of methoxy groups -OCH3 is 2. The molecule has 5 aromatic rings. The number of rotatable bonds is 7. The molecule has 170 valence electrons. The molecule has 0 aliphatic carbocycles. The van der Waals surface area contributed by atoms with E-state index in [2.05, 4.69) is 57.4 Å². The molecular weight excluding hydrogens is 442 g/mol. The number of nitrogens with zero attached hydrogens (tertiary/aromatic N) is 3. The SMILES string of the molecule is COc1ccc(CCn2c(-c3ccc4cc(OC)ccc4c3)csc2=Nc2cccnc2)cc1. The number of thiazole rings is 1. The van der Waals surface area contributed by atoms with Gasteiger partial charge in [-0.05, 0) is 70.8 Å². The van der Waals surface area contributed by atoms with E-state index in [1.165, 1.54) is 10.9 Å². The van der Waals surface area contributed by atoms with Gasteiger partial charge in [0.1, 0.15) is 11.5 Å². The van der Waals surface area contributed by atoms with E-state index in [4.69, 9.17) is 14.5 Å². The Morgan fingerprint density at radius 1 is 0.882 bits per heavy atom. The van der Waals surface area contributed by atoms with Crippen molar-refractivity contribution in [3.05, 3.63) is 101 Å². The number of fused-ring (bicyclic) bond motifs is 1. The minimum Gasteiger partial charge on any atom is -0.497 e. The van der Waals surface area contributed by atoms with Crippen molar-refractivity contribution in [3.63, 3.8) is 0 Å². The summed E-state index contributed by atoms with van der Waals surface area (Å²) in [5, 5.41) is 4.52. The highest BCUT2D eigenvalue weighted by Crippen LogP contribution is 2.28. The lowest BCUT2D eigenvalue weighted by Gasteiger charge is -2.11. The van der Waals surface area contributed by atoms with E-state index in [1.807, 2.05) is 30.3 Å².